The molecule has 0 aliphatic carbocycles. The van der Waals surface area contributed by atoms with Crippen LogP contribution in [0.25, 0.3) is 80.7 Å². The number of para-hydroxylation sites is 2. The van der Waals surface area contributed by atoms with Gasteiger partial charge in [-0.3, -0.25) is 9.78 Å². The standard InChI is InChI=1S/C36H20N2O2S/c39-35-27-17-21(22-7-6-16-37-20-22)14-15-32(27)40-33-18-26-25-10-5-13-31(36(25)41-34(26)19-28(33)35)38-29-11-3-1-8-23(29)24-9-2-4-12-30(24)38/h1-20H. The number of pyridine rings is 1. The van der Waals surface area contributed by atoms with Crippen LogP contribution in [0, 0.1) is 0 Å². The van der Waals surface area contributed by atoms with E-state index in [1.165, 1.54) is 26.5 Å². The van der Waals surface area contributed by atoms with Gasteiger partial charge in [0.05, 0.1) is 32.2 Å². The molecule has 0 bridgehead atoms. The maximum atomic E-state index is 13.8. The lowest BCUT2D eigenvalue weighted by molar-refractivity contribution is 0.660. The second-order valence-electron chi connectivity index (χ2n) is 10.4. The maximum absolute atomic E-state index is 13.8. The second-order valence-corrected chi connectivity index (χ2v) is 11.4. The number of hydrogen-bond donors (Lipinski definition) is 0. The van der Waals surface area contributed by atoms with Gasteiger partial charge in [-0.05, 0) is 54.1 Å². The molecule has 192 valence electrons. The first-order valence-corrected chi connectivity index (χ1v) is 14.3. The molecular formula is C36H20N2O2S. The topological polar surface area (TPSA) is 48.0 Å². The third-order valence-corrected chi connectivity index (χ3v) is 9.27. The molecule has 0 aliphatic rings. The van der Waals surface area contributed by atoms with Crippen molar-refractivity contribution in [2.75, 3.05) is 0 Å². The fourth-order valence-electron chi connectivity index (χ4n) is 6.20. The van der Waals surface area contributed by atoms with Gasteiger partial charge in [0.25, 0.3) is 0 Å². The fourth-order valence-corrected chi connectivity index (χ4v) is 7.43. The van der Waals surface area contributed by atoms with Crippen molar-refractivity contribution in [3.63, 3.8) is 0 Å². The second kappa shape index (κ2) is 8.37. The van der Waals surface area contributed by atoms with Gasteiger partial charge in [-0.2, -0.15) is 0 Å². The number of hydrogen-bond acceptors (Lipinski definition) is 4. The molecular weight excluding hydrogens is 524 g/mol. The van der Waals surface area contributed by atoms with Crippen LogP contribution in [-0.4, -0.2) is 9.55 Å². The lowest BCUT2D eigenvalue weighted by Crippen LogP contribution is -2.02. The van der Waals surface area contributed by atoms with Crippen LogP contribution in [0.15, 0.2) is 131 Å². The third kappa shape index (κ3) is 3.21. The molecule has 0 saturated heterocycles. The van der Waals surface area contributed by atoms with Crippen LogP contribution in [-0.2, 0) is 0 Å². The van der Waals surface area contributed by atoms with E-state index in [-0.39, 0.29) is 5.43 Å². The monoisotopic (exact) mass is 544 g/mol. The van der Waals surface area contributed by atoms with E-state index in [0.717, 1.165) is 32.3 Å². The summed E-state index contributed by atoms with van der Waals surface area (Å²) in [5.41, 5.74) is 6.56. The van der Waals surface area contributed by atoms with Crippen molar-refractivity contribution < 1.29 is 4.42 Å². The minimum atomic E-state index is -0.0195. The van der Waals surface area contributed by atoms with Crippen molar-refractivity contribution in [3.05, 3.63) is 132 Å². The van der Waals surface area contributed by atoms with Crippen molar-refractivity contribution in [2.24, 2.45) is 0 Å². The van der Waals surface area contributed by atoms with Gasteiger partial charge in [0.1, 0.15) is 11.2 Å². The molecule has 0 spiro atoms. The molecule has 0 fully saturated rings. The summed E-state index contributed by atoms with van der Waals surface area (Å²) in [5.74, 6) is 0. The number of fused-ring (bicyclic) bond motifs is 8. The summed E-state index contributed by atoms with van der Waals surface area (Å²) in [4.78, 5) is 18.0. The molecule has 0 amide bonds. The Hall–Kier alpha value is -5.26. The minimum Gasteiger partial charge on any atom is -0.456 e. The molecule has 0 atom stereocenters. The van der Waals surface area contributed by atoms with Gasteiger partial charge in [-0.25, -0.2) is 0 Å². The fraction of sp³-hybridized carbons (Fsp3) is 0. The van der Waals surface area contributed by atoms with Crippen LogP contribution in [0.2, 0.25) is 0 Å². The largest absolute Gasteiger partial charge is 0.456 e. The summed E-state index contributed by atoms with van der Waals surface area (Å²) in [6.07, 6.45) is 3.55. The Kier molecular flexibility index (Phi) is 4.60. The van der Waals surface area contributed by atoms with Gasteiger partial charge in [-0.15, -0.1) is 11.3 Å². The molecule has 9 aromatic rings. The predicted molar refractivity (Wildman–Crippen MR) is 170 cm³/mol. The van der Waals surface area contributed by atoms with Gasteiger partial charge in [0.2, 0.25) is 5.43 Å². The Bertz CT molecular complexity index is 2500. The summed E-state index contributed by atoms with van der Waals surface area (Å²) >= 11 is 1.72. The van der Waals surface area contributed by atoms with E-state index in [1.807, 2.05) is 42.5 Å². The first kappa shape index (κ1) is 22.5. The summed E-state index contributed by atoms with van der Waals surface area (Å²) in [7, 11) is 0. The Labute approximate surface area is 237 Å². The Morgan fingerprint density at radius 1 is 0.610 bits per heavy atom. The molecule has 5 heteroatoms. The molecule has 4 aromatic heterocycles. The molecule has 9 rings (SSSR count). The first-order chi connectivity index (χ1) is 20.2. The number of nitrogens with zero attached hydrogens (tertiary/aromatic N) is 2. The predicted octanol–water partition coefficient (Wildman–Crippen LogP) is 9.47. The smallest absolute Gasteiger partial charge is 0.200 e. The van der Waals surface area contributed by atoms with Gasteiger partial charge < -0.3 is 8.98 Å². The molecule has 41 heavy (non-hydrogen) atoms. The van der Waals surface area contributed by atoms with E-state index >= 15 is 0 Å². The number of benzene rings is 5. The van der Waals surface area contributed by atoms with Gasteiger partial charge in [0.15, 0.2) is 0 Å². The summed E-state index contributed by atoms with van der Waals surface area (Å²) in [6.45, 7) is 0. The molecule has 0 unspecified atom stereocenters. The Morgan fingerprint density at radius 2 is 1.37 bits per heavy atom. The molecule has 0 saturated carbocycles. The summed E-state index contributed by atoms with van der Waals surface area (Å²) in [5, 5.41) is 5.89. The quantitative estimate of drug-likeness (QED) is 0.204. The summed E-state index contributed by atoms with van der Waals surface area (Å²) in [6, 6.07) is 37.3. The molecule has 0 radical (unpaired) electrons. The number of thiophene rings is 1. The van der Waals surface area contributed by atoms with E-state index in [4.69, 9.17) is 4.42 Å². The van der Waals surface area contributed by atoms with Crippen LogP contribution < -0.4 is 5.43 Å². The molecule has 4 heterocycles. The van der Waals surface area contributed by atoms with Crippen LogP contribution in [0.4, 0.5) is 0 Å². The zero-order valence-electron chi connectivity index (χ0n) is 21.7. The van der Waals surface area contributed by atoms with Crippen molar-refractivity contribution in [1.29, 1.82) is 0 Å². The third-order valence-electron chi connectivity index (χ3n) is 8.08. The highest BCUT2D eigenvalue weighted by molar-refractivity contribution is 7.26. The van der Waals surface area contributed by atoms with E-state index in [2.05, 4.69) is 76.3 Å². The summed E-state index contributed by atoms with van der Waals surface area (Å²) < 4.78 is 11.0. The van der Waals surface area contributed by atoms with Crippen LogP contribution in [0.3, 0.4) is 0 Å². The first-order valence-electron chi connectivity index (χ1n) is 13.5. The lowest BCUT2D eigenvalue weighted by Gasteiger charge is -2.09. The van der Waals surface area contributed by atoms with E-state index in [0.29, 0.717) is 21.9 Å². The van der Waals surface area contributed by atoms with Crippen LogP contribution >= 0.6 is 11.3 Å². The van der Waals surface area contributed by atoms with E-state index < -0.39 is 0 Å². The lowest BCUT2D eigenvalue weighted by atomic mass is 10.0. The average molecular weight is 545 g/mol. The zero-order valence-corrected chi connectivity index (χ0v) is 22.5. The maximum Gasteiger partial charge on any atom is 0.200 e. The highest BCUT2D eigenvalue weighted by Crippen LogP contribution is 2.42. The van der Waals surface area contributed by atoms with Gasteiger partial charge in [0, 0.05) is 44.2 Å². The van der Waals surface area contributed by atoms with Crippen molar-refractivity contribution in [3.8, 4) is 16.8 Å². The van der Waals surface area contributed by atoms with Gasteiger partial charge >= 0.3 is 0 Å². The van der Waals surface area contributed by atoms with Crippen LogP contribution in [0.1, 0.15) is 0 Å². The molecule has 0 N–H and O–H groups in total. The van der Waals surface area contributed by atoms with Crippen molar-refractivity contribution in [1.82, 2.24) is 9.55 Å². The Balaban J connectivity index is 1.32. The molecule has 4 nitrogen and oxygen atoms in total. The highest BCUT2D eigenvalue weighted by atomic mass is 32.1. The molecule has 5 aromatic carbocycles. The van der Waals surface area contributed by atoms with Gasteiger partial charge in [-0.1, -0.05) is 60.7 Å². The number of rotatable bonds is 2. The highest BCUT2D eigenvalue weighted by Gasteiger charge is 2.18. The molecule has 0 aliphatic heterocycles. The average Bonchev–Trinajstić information content (AvgIpc) is 3.56. The zero-order chi connectivity index (χ0) is 27.1. The number of aromatic nitrogens is 2. The SMILES string of the molecule is O=c1c2cc(-c3cccnc3)ccc2oc2cc3c(cc12)sc1c(-n2c4ccccc4c4ccccc42)cccc13. The normalized spacial score (nSPS) is 12.0. The van der Waals surface area contributed by atoms with E-state index in [9.17, 15) is 4.79 Å². The van der Waals surface area contributed by atoms with Crippen molar-refractivity contribution in [2.45, 2.75) is 0 Å². The Morgan fingerprint density at radius 3 is 2.15 bits per heavy atom. The van der Waals surface area contributed by atoms with Crippen molar-refractivity contribution >= 4 is 75.3 Å². The minimum absolute atomic E-state index is 0.0195. The van der Waals surface area contributed by atoms with E-state index in [1.54, 1.807) is 23.7 Å². The van der Waals surface area contributed by atoms with Crippen LogP contribution in [0.5, 0.6) is 0 Å².